The molecule has 0 saturated heterocycles. The number of pyridine rings is 1. The zero-order valence-electron chi connectivity index (χ0n) is 20.4. The number of benzene rings is 2. The lowest BCUT2D eigenvalue weighted by Gasteiger charge is -2.10. The molecule has 37 heavy (non-hydrogen) atoms. The molecule has 0 spiro atoms. The quantitative estimate of drug-likeness (QED) is 0.274. The van der Waals surface area contributed by atoms with Gasteiger partial charge in [-0.3, -0.25) is 9.48 Å². The SMILES string of the molecule is Cc1nn(Cc2c(Cl)cccc2Cl)c(C)c1NC(=O)Cn1nc(C)c2c(-c3ccc(F)cc3)ccnc21. The second-order valence-corrected chi connectivity index (χ2v) is 9.57. The number of hydrogen-bond donors (Lipinski definition) is 1. The van der Waals surface area contributed by atoms with Gasteiger partial charge in [0, 0.05) is 27.2 Å². The van der Waals surface area contributed by atoms with Gasteiger partial charge in [0.15, 0.2) is 5.65 Å². The number of aromatic nitrogens is 5. The van der Waals surface area contributed by atoms with Gasteiger partial charge in [-0.15, -0.1) is 0 Å². The molecule has 0 aliphatic rings. The third kappa shape index (κ3) is 4.82. The van der Waals surface area contributed by atoms with Crippen molar-refractivity contribution >= 4 is 45.8 Å². The first-order valence-electron chi connectivity index (χ1n) is 11.6. The minimum absolute atomic E-state index is 0.0371. The maximum atomic E-state index is 13.4. The summed E-state index contributed by atoms with van der Waals surface area (Å²) in [7, 11) is 0. The third-order valence-corrected chi connectivity index (χ3v) is 6.98. The van der Waals surface area contributed by atoms with E-state index in [4.69, 9.17) is 23.2 Å². The van der Waals surface area contributed by atoms with Gasteiger partial charge in [0.05, 0.1) is 29.3 Å². The lowest BCUT2D eigenvalue weighted by atomic mass is 10.0. The summed E-state index contributed by atoms with van der Waals surface area (Å²) in [4.78, 5) is 17.6. The minimum atomic E-state index is -0.304. The molecule has 0 bridgehead atoms. The fourth-order valence-electron chi connectivity index (χ4n) is 4.44. The zero-order valence-corrected chi connectivity index (χ0v) is 21.9. The van der Waals surface area contributed by atoms with Crippen molar-refractivity contribution in [3.8, 4) is 11.1 Å². The molecule has 3 aromatic heterocycles. The molecular formula is C27H23Cl2FN6O. The first-order chi connectivity index (χ1) is 17.7. The Kier molecular flexibility index (Phi) is 6.70. The number of rotatable bonds is 6. The smallest absolute Gasteiger partial charge is 0.246 e. The fraction of sp³-hybridized carbons (Fsp3) is 0.185. The van der Waals surface area contributed by atoms with Crippen LogP contribution in [-0.4, -0.2) is 30.5 Å². The van der Waals surface area contributed by atoms with E-state index in [0.29, 0.717) is 33.6 Å². The van der Waals surface area contributed by atoms with Crippen molar-refractivity contribution in [3.63, 3.8) is 0 Å². The van der Waals surface area contributed by atoms with Crippen LogP contribution in [0.5, 0.6) is 0 Å². The molecule has 0 radical (unpaired) electrons. The van der Waals surface area contributed by atoms with Crippen LogP contribution in [0.2, 0.25) is 10.0 Å². The molecule has 0 saturated carbocycles. The number of carbonyl (C=O) groups excluding carboxylic acids is 1. The van der Waals surface area contributed by atoms with Crippen molar-refractivity contribution in [1.82, 2.24) is 24.5 Å². The van der Waals surface area contributed by atoms with E-state index in [-0.39, 0.29) is 18.3 Å². The van der Waals surface area contributed by atoms with E-state index in [9.17, 15) is 9.18 Å². The Morgan fingerprint density at radius 1 is 0.946 bits per heavy atom. The highest BCUT2D eigenvalue weighted by molar-refractivity contribution is 6.36. The van der Waals surface area contributed by atoms with Crippen LogP contribution < -0.4 is 5.32 Å². The molecular weight excluding hydrogens is 514 g/mol. The number of anilines is 1. The average Bonchev–Trinajstić information content (AvgIpc) is 3.32. The second kappa shape index (κ2) is 9.95. The maximum Gasteiger partial charge on any atom is 0.246 e. The van der Waals surface area contributed by atoms with E-state index in [1.54, 1.807) is 45.9 Å². The molecule has 0 aliphatic heterocycles. The number of nitrogens with one attached hydrogen (secondary N) is 1. The summed E-state index contributed by atoms with van der Waals surface area (Å²) in [6.07, 6.45) is 1.66. The standard InChI is InChI=1S/C27H23Cl2FN6O/c1-15-25-20(18-7-9-19(30)10-8-18)11-12-31-27(25)36(33-15)14-24(37)32-26-16(2)34-35(17(26)3)13-21-22(28)5-4-6-23(21)29/h4-12H,13-14H2,1-3H3,(H,32,37). The van der Waals surface area contributed by atoms with Gasteiger partial charge in [-0.1, -0.05) is 41.4 Å². The van der Waals surface area contributed by atoms with Gasteiger partial charge >= 0.3 is 0 Å². The number of carbonyl (C=O) groups is 1. The topological polar surface area (TPSA) is 77.6 Å². The van der Waals surface area contributed by atoms with Crippen molar-refractivity contribution in [2.24, 2.45) is 0 Å². The summed E-state index contributed by atoms with van der Waals surface area (Å²) in [5.74, 6) is -0.568. The van der Waals surface area contributed by atoms with Crippen molar-refractivity contribution in [2.75, 3.05) is 5.32 Å². The van der Waals surface area contributed by atoms with Crippen LogP contribution in [0, 0.1) is 26.6 Å². The lowest BCUT2D eigenvalue weighted by Crippen LogP contribution is -2.20. The maximum absolute atomic E-state index is 13.4. The van der Waals surface area contributed by atoms with Crippen LogP contribution in [0.4, 0.5) is 10.1 Å². The molecule has 0 fully saturated rings. The van der Waals surface area contributed by atoms with Gasteiger partial charge in [-0.25, -0.2) is 14.1 Å². The van der Waals surface area contributed by atoms with Gasteiger partial charge in [0.1, 0.15) is 12.4 Å². The van der Waals surface area contributed by atoms with Crippen molar-refractivity contribution in [3.05, 3.63) is 93.2 Å². The number of amides is 1. The monoisotopic (exact) mass is 536 g/mol. The van der Waals surface area contributed by atoms with E-state index in [2.05, 4.69) is 20.5 Å². The number of hydrogen-bond acceptors (Lipinski definition) is 4. The van der Waals surface area contributed by atoms with E-state index in [1.165, 1.54) is 12.1 Å². The molecule has 188 valence electrons. The summed E-state index contributed by atoms with van der Waals surface area (Å²) in [6.45, 7) is 5.91. The van der Waals surface area contributed by atoms with Gasteiger partial charge in [-0.05, 0) is 62.2 Å². The van der Waals surface area contributed by atoms with Crippen LogP contribution in [-0.2, 0) is 17.9 Å². The Morgan fingerprint density at radius 3 is 2.32 bits per heavy atom. The number of halogens is 3. The molecule has 2 aromatic carbocycles. The van der Waals surface area contributed by atoms with Gasteiger partial charge in [0.2, 0.25) is 5.91 Å². The van der Waals surface area contributed by atoms with Crippen LogP contribution in [0.25, 0.3) is 22.2 Å². The van der Waals surface area contributed by atoms with E-state index < -0.39 is 0 Å². The van der Waals surface area contributed by atoms with Crippen molar-refractivity contribution in [1.29, 1.82) is 0 Å². The zero-order chi connectivity index (χ0) is 26.3. The second-order valence-electron chi connectivity index (χ2n) is 8.76. The van der Waals surface area contributed by atoms with Crippen LogP contribution in [0.1, 0.15) is 22.6 Å². The number of fused-ring (bicyclic) bond motifs is 1. The molecule has 7 nitrogen and oxygen atoms in total. The van der Waals surface area contributed by atoms with Gasteiger partial charge in [0.25, 0.3) is 0 Å². The van der Waals surface area contributed by atoms with E-state index in [0.717, 1.165) is 33.5 Å². The summed E-state index contributed by atoms with van der Waals surface area (Å²) in [5, 5.41) is 14.0. The van der Waals surface area contributed by atoms with Gasteiger partial charge < -0.3 is 5.32 Å². The molecule has 0 aliphatic carbocycles. The summed E-state index contributed by atoms with van der Waals surface area (Å²) in [6, 6.07) is 13.5. The Bertz CT molecular complexity index is 1620. The molecule has 5 aromatic rings. The van der Waals surface area contributed by atoms with Crippen molar-refractivity contribution in [2.45, 2.75) is 33.9 Å². The molecule has 5 rings (SSSR count). The Labute approximate surface area is 222 Å². The molecule has 0 unspecified atom stereocenters. The molecule has 3 heterocycles. The Hall–Kier alpha value is -3.75. The summed E-state index contributed by atoms with van der Waals surface area (Å²) < 4.78 is 16.8. The molecule has 0 atom stereocenters. The van der Waals surface area contributed by atoms with E-state index in [1.807, 2.05) is 26.8 Å². The molecule has 1 amide bonds. The normalized spacial score (nSPS) is 11.3. The van der Waals surface area contributed by atoms with Crippen LogP contribution in [0.15, 0.2) is 54.7 Å². The van der Waals surface area contributed by atoms with Gasteiger partial charge in [-0.2, -0.15) is 10.2 Å². The third-order valence-electron chi connectivity index (χ3n) is 6.27. The minimum Gasteiger partial charge on any atom is -0.321 e. The lowest BCUT2D eigenvalue weighted by molar-refractivity contribution is -0.116. The summed E-state index contributed by atoms with van der Waals surface area (Å²) >= 11 is 12.7. The van der Waals surface area contributed by atoms with E-state index >= 15 is 0 Å². The Morgan fingerprint density at radius 2 is 1.62 bits per heavy atom. The predicted molar refractivity (Wildman–Crippen MR) is 144 cm³/mol. The number of aryl methyl sites for hydroxylation is 2. The number of nitrogens with zero attached hydrogens (tertiary/aromatic N) is 5. The Balaban J connectivity index is 1.40. The van der Waals surface area contributed by atoms with Crippen LogP contribution in [0.3, 0.4) is 0 Å². The average molecular weight is 537 g/mol. The first kappa shape index (κ1) is 24.9. The molecule has 1 N–H and O–H groups in total. The van der Waals surface area contributed by atoms with Crippen molar-refractivity contribution < 1.29 is 9.18 Å². The highest BCUT2D eigenvalue weighted by Gasteiger charge is 2.19. The van der Waals surface area contributed by atoms with Crippen LogP contribution >= 0.6 is 23.2 Å². The fourth-order valence-corrected chi connectivity index (χ4v) is 4.96. The first-order valence-corrected chi connectivity index (χ1v) is 12.3. The predicted octanol–water partition coefficient (Wildman–Crippen LogP) is 6.35. The summed E-state index contributed by atoms with van der Waals surface area (Å²) in [5.41, 5.74) is 5.86. The highest BCUT2D eigenvalue weighted by Crippen LogP contribution is 2.30. The largest absolute Gasteiger partial charge is 0.321 e. The molecule has 10 heteroatoms. The highest BCUT2D eigenvalue weighted by atomic mass is 35.5.